The summed E-state index contributed by atoms with van der Waals surface area (Å²) < 4.78 is 6.49. The Morgan fingerprint density at radius 1 is 0.404 bits per heavy atom. The smallest absolute Gasteiger partial charge is 0.180 e. The minimum Gasteiger partial charge on any atom is -0.452 e. The van der Waals surface area contributed by atoms with Crippen LogP contribution in [-0.2, 0) is 0 Å². The lowest BCUT2D eigenvalue weighted by Crippen LogP contribution is -1.97. The first-order valence-corrected chi connectivity index (χ1v) is 15.9. The number of rotatable bonds is 4. The molecule has 47 heavy (non-hydrogen) atoms. The summed E-state index contributed by atoms with van der Waals surface area (Å²) in [5.41, 5.74) is 14.7. The molecule has 3 heteroatoms. The van der Waals surface area contributed by atoms with Gasteiger partial charge in [-0.05, 0) is 67.9 Å². The molecule has 0 fully saturated rings. The lowest BCUT2D eigenvalue weighted by atomic mass is 9.90. The predicted octanol–water partition coefficient (Wildman–Crippen LogP) is 11.8. The van der Waals surface area contributed by atoms with E-state index >= 15 is 0 Å². The fourth-order valence-electron chi connectivity index (χ4n) is 7.32. The second-order valence-corrected chi connectivity index (χ2v) is 12.1. The highest BCUT2D eigenvalue weighted by molar-refractivity contribution is 6.21. The van der Waals surface area contributed by atoms with Gasteiger partial charge in [0.2, 0.25) is 0 Å². The Bertz CT molecular complexity index is 2650. The van der Waals surface area contributed by atoms with Crippen LogP contribution in [0, 0.1) is 0 Å². The number of hydrogen-bond acceptors (Lipinski definition) is 3. The number of nitrogens with zero attached hydrogens (tertiary/aromatic N) is 2. The van der Waals surface area contributed by atoms with Crippen LogP contribution in [0.25, 0.3) is 100.0 Å². The number of fused-ring (bicyclic) bond motifs is 6. The Morgan fingerprint density at radius 3 is 1.74 bits per heavy atom. The molecular weight excluding hydrogens is 572 g/mol. The number of hydrogen-bond donors (Lipinski definition) is 0. The van der Waals surface area contributed by atoms with Gasteiger partial charge in [-0.15, -0.1) is 0 Å². The van der Waals surface area contributed by atoms with Crippen LogP contribution >= 0.6 is 0 Å². The van der Waals surface area contributed by atoms with Crippen molar-refractivity contribution in [3.63, 3.8) is 0 Å². The largest absolute Gasteiger partial charge is 0.452 e. The van der Waals surface area contributed by atoms with Gasteiger partial charge in [-0.1, -0.05) is 140 Å². The van der Waals surface area contributed by atoms with Crippen LogP contribution in [0.3, 0.4) is 0 Å². The maximum atomic E-state index is 6.49. The lowest BCUT2D eigenvalue weighted by molar-refractivity contribution is 0.667. The predicted molar refractivity (Wildman–Crippen MR) is 193 cm³/mol. The maximum absolute atomic E-state index is 6.49. The van der Waals surface area contributed by atoms with E-state index in [2.05, 4.69) is 133 Å². The number of para-hydroxylation sites is 1. The molecule has 9 aromatic rings. The molecule has 0 aliphatic heterocycles. The molecule has 10 rings (SSSR count). The highest BCUT2D eigenvalue weighted by atomic mass is 16.3. The standard InChI is InChI=1S/C44H26N2O/c1-3-11-27(12-4-1)28-21-23-31(24-22-28)41-43-42(33-17-7-8-20-37(33)47-43)46-44(45-41)36-26-25-32(29-13-5-2-6-14-29)39-34-18-9-15-30-16-10-19-35(38(30)34)40(36)39/h1-26H. The third kappa shape index (κ3) is 3.93. The van der Waals surface area contributed by atoms with Crippen molar-refractivity contribution in [3.05, 3.63) is 158 Å². The van der Waals surface area contributed by atoms with E-state index in [9.17, 15) is 0 Å². The summed E-state index contributed by atoms with van der Waals surface area (Å²) in [6.07, 6.45) is 0. The highest BCUT2D eigenvalue weighted by Gasteiger charge is 2.29. The van der Waals surface area contributed by atoms with Gasteiger partial charge in [0, 0.05) is 22.1 Å². The van der Waals surface area contributed by atoms with Gasteiger partial charge in [0.25, 0.3) is 0 Å². The Kier molecular flexibility index (Phi) is 5.57. The fourth-order valence-corrected chi connectivity index (χ4v) is 7.32. The minimum atomic E-state index is 0.687. The van der Waals surface area contributed by atoms with E-state index in [1.807, 2.05) is 24.3 Å². The Morgan fingerprint density at radius 2 is 1.00 bits per heavy atom. The first kappa shape index (κ1) is 26.0. The molecule has 218 valence electrons. The van der Waals surface area contributed by atoms with Crippen molar-refractivity contribution in [2.45, 2.75) is 0 Å². The van der Waals surface area contributed by atoms with E-state index in [-0.39, 0.29) is 0 Å². The molecule has 2 aromatic heterocycles. The molecule has 0 amide bonds. The quantitative estimate of drug-likeness (QED) is 0.202. The summed E-state index contributed by atoms with van der Waals surface area (Å²) in [4.78, 5) is 10.6. The van der Waals surface area contributed by atoms with Gasteiger partial charge in [0.05, 0.1) is 0 Å². The molecule has 0 saturated carbocycles. The van der Waals surface area contributed by atoms with Crippen molar-refractivity contribution in [3.8, 4) is 67.2 Å². The van der Waals surface area contributed by atoms with Crippen LogP contribution < -0.4 is 0 Å². The van der Waals surface area contributed by atoms with Crippen molar-refractivity contribution in [2.75, 3.05) is 0 Å². The average Bonchev–Trinajstić information content (AvgIpc) is 3.69. The molecule has 7 aromatic carbocycles. The molecule has 0 atom stereocenters. The number of furan rings is 1. The second-order valence-electron chi connectivity index (χ2n) is 12.1. The zero-order chi connectivity index (χ0) is 30.9. The highest BCUT2D eigenvalue weighted by Crippen LogP contribution is 2.54. The van der Waals surface area contributed by atoms with Crippen LogP contribution in [-0.4, -0.2) is 9.97 Å². The number of aromatic nitrogens is 2. The zero-order valence-electron chi connectivity index (χ0n) is 25.3. The molecule has 0 bridgehead atoms. The Labute approximate surface area is 271 Å². The van der Waals surface area contributed by atoms with E-state index in [4.69, 9.17) is 14.4 Å². The summed E-state index contributed by atoms with van der Waals surface area (Å²) in [7, 11) is 0. The summed E-state index contributed by atoms with van der Waals surface area (Å²) >= 11 is 0. The molecule has 0 saturated heterocycles. The SMILES string of the molecule is c1ccc(-c2ccc(-c3nc(-c4ccc(-c5ccccc5)c5c4-c4cccc6cccc-5c46)nc4c3oc3ccccc34)cc2)cc1. The molecule has 2 heterocycles. The molecule has 0 spiro atoms. The van der Waals surface area contributed by atoms with Crippen molar-refractivity contribution in [2.24, 2.45) is 0 Å². The molecule has 3 nitrogen and oxygen atoms in total. The maximum Gasteiger partial charge on any atom is 0.180 e. The Balaban J connectivity index is 1.26. The minimum absolute atomic E-state index is 0.687. The number of benzene rings is 7. The van der Waals surface area contributed by atoms with E-state index < -0.39 is 0 Å². The third-order valence-corrected chi connectivity index (χ3v) is 9.46. The first-order valence-electron chi connectivity index (χ1n) is 15.9. The van der Waals surface area contributed by atoms with Crippen molar-refractivity contribution in [1.29, 1.82) is 0 Å². The lowest BCUT2D eigenvalue weighted by Gasteiger charge is -2.15. The van der Waals surface area contributed by atoms with Gasteiger partial charge >= 0.3 is 0 Å². The summed E-state index contributed by atoms with van der Waals surface area (Å²) in [5, 5.41) is 3.50. The first-order chi connectivity index (χ1) is 23.3. The van der Waals surface area contributed by atoms with Gasteiger partial charge in [-0.3, -0.25) is 0 Å². The van der Waals surface area contributed by atoms with E-state index in [1.165, 1.54) is 49.7 Å². The topological polar surface area (TPSA) is 38.9 Å². The van der Waals surface area contributed by atoms with Gasteiger partial charge in [0.1, 0.15) is 16.8 Å². The van der Waals surface area contributed by atoms with Crippen LogP contribution in [0.4, 0.5) is 0 Å². The van der Waals surface area contributed by atoms with Gasteiger partial charge in [0.15, 0.2) is 11.4 Å². The molecular formula is C44H26N2O. The summed E-state index contributed by atoms with van der Waals surface area (Å²) in [6, 6.07) is 55.5. The van der Waals surface area contributed by atoms with Crippen molar-refractivity contribution < 1.29 is 4.42 Å². The molecule has 1 aliphatic carbocycles. The van der Waals surface area contributed by atoms with Gasteiger partial charge in [-0.25, -0.2) is 9.97 Å². The van der Waals surface area contributed by atoms with Crippen molar-refractivity contribution in [1.82, 2.24) is 9.97 Å². The Hall–Kier alpha value is -6.32. The van der Waals surface area contributed by atoms with Crippen LogP contribution in [0.1, 0.15) is 0 Å². The summed E-state index contributed by atoms with van der Waals surface area (Å²) in [5.74, 6) is 0.687. The monoisotopic (exact) mass is 598 g/mol. The average molecular weight is 599 g/mol. The van der Waals surface area contributed by atoms with Gasteiger partial charge < -0.3 is 4.42 Å². The van der Waals surface area contributed by atoms with Crippen LogP contribution in [0.2, 0.25) is 0 Å². The zero-order valence-corrected chi connectivity index (χ0v) is 25.3. The van der Waals surface area contributed by atoms with Crippen LogP contribution in [0.15, 0.2) is 162 Å². The molecule has 0 radical (unpaired) electrons. The molecule has 1 aliphatic rings. The van der Waals surface area contributed by atoms with E-state index in [1.54, 1.807) is 0 Å². The third-order valence-electron chi connectivity index (χ3n) is 9.46. The molecule has 0 N–H and O–H groups in total. The normalized spacial score (nSPS) is 11.8. The fraction of sp³-hybridized carbons (Fsp3) is 0. The van der Waals surface area contributed by atoms with Gasteiger partial charge in [-0.2, -0.15) is 0 Å². The van der Waals surface area contributed by atoms with Crippen molar-refractivity contribution >= 4 is 32.8 Å². The molecule has 0 unspecified atom stereocenters. The van der Waals surface area contributed by atoms with E-state index in [0.717, 1.165) is 38.9 Å². The van der Waals surface area contributed by atoms with Crippen LogP contribution in [0.5, 0.6) is 0 Å². The summed E-state index contributed by atoms with van der Waals surface area (Å²) in [6.45, 7) is 0. The van der Waals surface area contributed by atoms with E-state index in [0.29, 0.717) is 11.4 Å². The second kappa shape index (κ2) is 10.1.